The zero-order chi connectivity index (χ0) is 12.3. The third-order valence-electron chi connectivity index (χ3n) is 3.14. The molecule has 0 aromatic rings. The molecule has 0 aliphatic rings. The van der Waals surface area contributed by atoms with Gasteiger partial charge in [-0.05, 0) is 19.8 Å². The minimum atomic E-state index is 0.0281. The van der Waals surface area contributed by atoms with Crippen molar-refractivity contribution in [3.8, 4) is 0 Å². The van der Waals surface area contributed by atoms with Gasteiger partial charge in [-0.15, -0.1) is 0 Å². The van der Waals surface area contributed by atoms with E-state index in [4.69, 9.17) is 9.47 Å². The number of hydrogen-bond donors (Lipinski definition) is 0. The molecule has 0 N–H and O–H groups in total. The SMILES string of the molecule is CCCCCC(C)(CCCCC)OCOC. The zero-order valence-corrected chi connectivity index (χ0v) is 11.7. The van der Waals surface area contributed by atoms with E-state index in [1.807, 2.05) is 0 Å². The van der Waals surface area contributed by atoms with Crippen LogP contribution in [0.1, 0.15) is 72.1 Å². The van der Waals surface area contributed by atoms with Crippen LogP contribution in [0.4, 0.5) is 0 Å². The summed E-state index contributed by atoms with van der Waals surface area (Å²) in [5, 5.41) is 0. The summed E-state index contributed by atoms with van der Waals surface area (Å²) >= 11 is 0. The van der Waals surface area contributed by atoms with Crippen molar-refractivity contribution in [3.05, 3.63) is 0 Å². The molecular formula is C14H30O2. The predicted molar refractivity (Wildman–Crippen MR) is 69.7 cm³/mol. The quantitative estimate of drug-likeness (QED) is 0.383. The normalized spacial score (nSPS) is 12.0. The molecule has 0 aliphatic heterocycles. The lowest BCUT2D eigenvalue weighted by Gasteiger charge is -2.29. The van der Waals surface area contributed by atoms with E-state index in [9.17, 15) is 0 Å². The summed E-state index contributed by atoms with van der Waals surface area (Å²) in [6.45, 7) is 7.14. The van der Waals surface area contributed by atoms with Gasteiger partial charge in [0.2, 0.25) is 0 Å². The topological polar surface area (TPSA) is 18.5 Å². The van der Waals surface area contributed by atoms with E-state index < -0.39 is 0 Å². The monoisotopic (exact) mass is 230 g/mol. The molecule has 0 saturated carbocycles. The third-order valence-corrected chi connectivity index (χ3v) is 3.14. The minimum Gasteiger partial charge on any atom is -0.359 e. The Bertz CT molecular complexity index is 136. The van der Waals surface area contributed by atoms with Crippen LogP contribution >= 0.6 is 0 Å². The van der Waals surface area contributed by atoms with Gasteiger partial charge in [-0.1, -0.05) is 52.4 Å². The van der Waals surface area contributed by atoms with Crippen LogP contribution < -0.4 is 0 Å². The number of hydrogen-bond acceptors (Lipinski definition) is 2. The van der Waals surface area contributed by atoms with Crippen molar-refractivity contribution in [1.29, 1.82) is 0 Å². The molecule has 0 aliphatic carbocycles. The first-order valence-corrected chi connectivity index (χ1v) is 6.81. The lowest BCUT2D eigenvalue weighted by atomic mass is 9.92. The summed E-state index contributed by atoms with van der Waals surface area (Å²) in [5.74, 6) is 0. The first-order chi connectivity index (χ1) is 7.68. The molecule has 0 radical (unpaired) electrons. The molecule has 16 heavy (non-hydrogen) atoms. The van der Waals surface area contributed by atoms with Crippen LogP contribution in [-0.4, -0.2) is 19.5 Å². The Balaban J connectivity index is 3.91. The van der Waals surface area contributed by atoms with Crippen molar-refractivity contribution in [1.82, 2.24) is 0 Å². The Morgan fingerprint density at radius 1 is 0.875 bits per heavy atom. The van der Waals surface area contributed by atoms with Gasteiger partial charge < -0.3 is 9.47 Å². The number of unbranched alkanes of at least 4 members (excludes halogenated alkanes) is 4. The van der Waals surface area contributed by atoms with E-state index in [0.717, 1.165) is 12.8 Å². The van der Waals surface area contributed by atoms with Gasteiger partial charge in [0.25, 0.3) is 0 Å². The first-order valence-electron chi connectivity index (χ1n) is 6.81. The van der Waals surface area contributed by atoms with Crippen molar-refractivity contribution >= 4 is 0 Å². The molecule has 0 bridgehead atoms. The van der Waals surface area contributed by atoms with Crippen molar-refractivity contribution in [3.63, 3.8) is 0 Å². The lowest BCUT2D eigenvalue weighted by Crippen LogP contribution is -2.29. The van der Waals surface area contributed by atoms with Gasteiger partial charge in [-0.25, -0.2) is 0 Å². The smallest absolute Gasteiger partial charge is 0.147 e. The maximum Gasteiger partial charge on any atom is 0.147 e. The van der Waals surface area contributed by atoms with Crippen LogP contribution in [0.15, 0.2) is 0 Å². The highest BCUT2D eigenvalue weighted by molar-refractivity contribution is 4.74. The highest BCUT2D eigenvalue weighted by Crippen LogP contribution is 2.26. The fourth-order valence-corrected chi connectivity index (χ4v) is 1.97. The molecule has 0 saturated heterocycles. The molecule has 2 nitrogen and oxygen atoms in total. The van der Waals surface area contributed by atoms with Crippen LogP contribution in [0, 0.1) is 0 Å². The van der Waals surface area contributed by atoms with Gasteiger partial charge in [0.15, 0.2) is 0 Å². The van der Waals surface area contributed by atoms with E-state index in [2.05, 4.69) is 20.8 Å². The zero-order valence-electron chi connectivity index (χ0n) is 11.7. The molecule has 98 valence electrons. The van der Waals surface area contributed by atoms with Gasteiger partial charge in [0, 0.05) is 7.11 Å². The highest BCUT2D eigenvalue weighted by Gasteiger charge is 2.23. The van der Waals surface area contributed by atoms with Crippen molar-refractivity contribution in [2.75, 3.05) is 13.9 Å². The lowest BCUT2D eigenvalue weighted by molar-refractivity contribution is -0.130. The van der Waals surface area contributed by atoms with Gasteiger partial charge in [0.1, 0.15) is 6.79 Å². The van der Waals surface area contributed by atoms with Crippen molar-refractivity contribution in [2.45, 2.75) is 77.7 Å². The fraction of sp³-hybridized carbons (Fsp3) is 1.00. The Labute approximate surface area is 102 Å². The Kier molecular flexibility index (Phi) is 10.0. The molecule has 0 spiro atoms. The number of ether oxygens (including phenoxy) is 2. The third kappa shape index (κ3) is 8.12. The van der Waals surface area contributed by atoms with Crippen LogP contribution in [0.25, 0.3) is 0 Å². The minimum absolute atomic E-state index is 0.0281. The Morgan fingerprint density at radius 3 is 1.75 bits per heavy atom. The second-order valence-electron chi connectivity index (χ2n) is 4.91. The van der Waals surface area contributed by atoms with Gasteiger partial charge >= 0.3 is 0 Å². The summed E-state index contributed by atoms with van der Waals surface area (Å²) < 4.78 is 10.9. The summed E-state index contributed by atoms with van der Waals surface area (Å²) in [6.07, 6.45) is 10.0. The maximum atomic E-state index is 5.85. The maximum absolute atomic E-state index is 5.85. The Morgan fingerprint density at radius 2 is 1.38 bits per heavy atom. The van der Waals surface area contributed by atoms with E-state index in [1.165, 1.54) is 38.5 Å². The molecule has 0 aromatic heterocycles. The fourth-order valence-electron chi connectivity index (χ4n) is 1.97. The summed E-state index contributed by atoms with van der Waals surface area (Å²) in [6, 6.07) is 0. The first kappa shape index (κ1) is 15.9. The van der Waals surface area contributed by atoms with E-state index >= 15 is 0 Å². The molecule has 0 unspecified atom stereocenters. The summed E-state index contributed by atoms with van der Waals surface area (Å²) in [7, 11) is 1.69. The molecule has 0 fully saturated rings. The van der Waals surface area contributed by atoms with E-state index in [0.29, 0.717) is 6.79 Å². The average Bonchev–Trinajstić information content (AvgIpc) is 2.27. The number of rotatable bonds is 11. The van der Waals surface area contributed by atoms with Gasteiger partial charge in [-0.2, -0.15) is 0 Å². The molecule has 2 heteroatoms. The number of methoxy groups -OCH3 is 1. The summed E-state index contributed by atoms with van der Waals surface area (Å²) in [5.41, 5.74) is 0.0281. The molecule has 0 aromatic carbocycles. The standard InChI is InChI=1S/C14H30O2/c1-5-7-9-11-14(3,16-13-15-4)12-10-8-6-2/h5-13H2,1-4H3. The van der Waals surface area contributed by atoms with Crippen molar-refractivity contribution < 1.29 is 9.47 Å². The predicted octanol–water partition coefficient (Wildman–Crippen LogP) is 4.53. The molecule has 0 heterocycles. The Hall–Kier alpha value is -0.0800. The second kappa shape index (κ2) is 10.1. The van der Waals surface area contributed by atoms with Crippen LogP contribution in [0.2, 0.25) is 0 Å². The molecule has 0 atom stereocenters. The average molecular weight is 230 g/mol. The van der Waals surface area contributed by atoms with Crippen LogP contribution in [0.5, 0.6) is 0 Å². The molecular weight excluding hydrogens is 200 g/mol. The van der Waals surface area contributed by atoms with Gasteiger partial charge in [0.05, 0.1) is 5.60 Å². The molecule has 0 amide bonds. The van der Waals surface area contributed by atoms with E-state index in [1.54, 1.807) is 7.11 Å². The largest absolute Gasteiger partial charge is 0.359 e. The van der Waals surface area contributed by atoms with Gasteiger partial charge in [-0.3, -0.25) is 0 Å². The highest BCUT2D eigenvalue weighted by atomic mass is 16.7. The second-order valence-corrected chi connectivity index (χ2v) is 4.91. The van der Waals surface area contributed by atoms with Crippen LogP contribution in [-0.2, 0) is 9.47 Å². The van der Waals surface area contributed by atoms with E-state index in [-0.39, 0.29) is 5.60 Å². The van der Waals surface area contributed by atoms with Crippen LogP contribution in [0.3, 0.4) is 0 Å². The summed E-state index contributed by atoms with van der Waals surface area (Å²) in [4.78, 5) is 0. The van der Waals surface area contributed by atoms with Crippen molar-refractivity contribution in [2.24, 2.45) is 0 Å². The molecule has 0 rings (SSSR count).